The molecule has 0 unspecified atom stereocenters. The Labute approximate surface area is 174 Å². The summed E-state index contributed by atoms with van der Waals surface area (Å²) in [5, 5.41) is 3.38. The molecule has 148 valence electrons. The van der Waals surface area contributed by atoms with Gasteiger partial charge in [0.05, 0.1) is 17.5 Å². The fraction of sp³-hybridized carbons (Fsp3) is 0.261. The molecule has 1 fully saturated rings. The van der Waals surface area contributed by atoms with Gasteiger partial charge in [-0.05, 0) is 61.2 Å². The van der Waals surface area contributed by atoms with Crippen LogP contribution in [0.2, 0.25) is 5.02 Å². The summed E-state index contributed by atoms with van der Waals surface area (Å²) in [6.45, 7) is 3.85. The van der Waals surface area contributed by atoms with E-state index in [9.17, 15) is 14.4 Å². The summed E-state index contributed by atoms with van der Waals surface area (Å²) in [5.74, 6) is -1.17. The predicted molar refractivity (Wildman–Crippen MR) is 113 cm³/mol. The van der Waals surface area contributed by atoms with Crippen molar-refractivity contribution < 1.29 is 14.4 Å². The number of carbonyl (C=O) groups excluding carboxylic acids is 3. The zero-order valence-corrected chi connectivity index (χ0v) is 16.9. The van der Waals surface area contributed by atoms with Gasteiger partial charge >= 0.3 is 0 Å². The van der Waals surface area contributed by atoms with Crippen molar-refractivity contribution in [1.29, 1.82) is 0 Å². The summed E-state index contributed by atoms with van der Waals surface area (Å²) < 4.78 is 0. The molecule has 1 aliphatic heterocycles. The molecule has 29 heavy (non-hydrogen) atoms. The SMILES string of the molecule is Cc1ccc(Cl)cc1NC(=O)c1ccc(N2C(=O)[C@@H]3[C@H](C)C=CC[C@H]3C2=O)cc1. The van der Waals surface area contributed by atoms with E-state index in [2.05, 4.69) is 5.32 Å². The number of nitrogens with zero attached hydrogens (tertiary/aromatic N) is 1. The highest BCUT2D eigenvalue weighted by Gasteiger charge is 2.50. The Kier molecular flexibility index (Phi) is 5.01. The molecule has 1 aliphatic carbocycles. The molecule has 1 N–H and O–H groups in total. The van der Waals surface area contributed by atoms with Crippen LogP contribution < -0.4 is 10.2 Å². The normalized spacial score (nSPS) is 23.3. The molecule has 5 nitrogen and oxygen atoms in total. The largest absolute Gasteiger partial charge is 0.322 e. The predicted octanol–water partition coefficient (Wildman–Crippen LogP) is 4.60. The highest BCUT2D eigenvalue weighted by Crippen LogP contribution is 2.40. The smallest absolute Gasteiger partial charge is 0.255 e. The van der Waals surface area contributed by atoms with E-state index in [1.807, 2.05) is 32.1 Å². The van der Waals surface area contributed by atoms with Gasteiger partial charge in [-0.1, -0.05) is 36.7 Å². The third-order valence-corrected chi connectivity index (χ3v) is 5.94. The Balaban J connectivity index is 1.54. The summed E-state index contributed by atoms with van der Waals surface area (Å²) in [4.78, 5) is 39.5. The van der Waals surface area contributed by atoms with Crippen LogP contribution in [0.4, 0.5) is 11.4 Å². The first kappa shape index (κ1) is 19.4. The first-order chi connectivity index (χ1) is 13.9. The molecule has 1 saturated heterocycles. The third kappa shape index (κ3) is 3.47. The van der Waals surface area contributed by atoms with Gasteiger partial charge in [-0.15, -0.1) is 0 Å². The maximum absolute atomic E-state index is 12.9. The van der Waals surface area contributed by atoms with Crippen molar-refractivity contribution in [2.75, 3.05) is 10.2 Å². The summed E-state index contributed by atoms with van der Waals surface area (Å²) in [7, 11) is 0. The van der Waals surface area contributed by atoms with Crippen molar-refractivity contribution in [3.63, 3.8) is 0 Å². The van der Waals surface area contributed by atoms with Crippen molar-refractivity contribution in [3.05, 3.63) is 70.8 Å². The van der Waals surface area contributed by atoms with E-state index in [0.29, 0.717) is 28.4 Å². The van der Waals surface area contributed by atoms with E-state index in [1.165, 1.54) is 4.90 Å². The van der Waals surface area contributed by atoms with Gasteiger partial charge in [0, 0.05) is 16.3 Å². The number of nitrogens with one attached hydrogen (secondary N) is 1. The van der Waals surface area contributed by atoms with Crippen molar-refractivity contribution in [2.24, 2.45) is 17.8 Å². The Morgan fingerprint density at radius 2 is 1.83 bits per heavy atom. The van der Waals surface area contributed by atoms with Crippen LogP contribution in [0.25, 0.3) is 0 Å². The molecule has 3 amide bonds. The molecule has 3 atom stereocenters. The molecule has 6 heteroatoms. The van der Waals surface area contributed by atoms with E-state index in [-0.39, 0.29) is 35.5 Å². The molecule has 0 radical (unpaired) electrons. The molecular formula is C23H21ClN2O3. The molecule has 0 bridgehead atoms. The second-order valence-electron chi connectivity index (χ2n) is 7.63. The van der Waals surface area contributed by atoms with Crippen LogP contribution in [0.3, 0.4) is 0 Å². The molecule has 2 aromatic rings. The van der Waals surface area contributed by atoms with Crippen LogP contribution in [0, 0.1) is 24.7 Å². The number of amides is 3. The van der Waals surface area contributed by atoms with Crippen molar-refractivity contribution >= 4 is 40.7 Å². The molecule has 0 spiro atoms. The van der Waals surface area contributed by atoms with Gasteiger partial charge < -0.3 is 5.32 Å². The van der Waals surface area contributed by atoms with Crippen molar-refractivity contribution in [3.8, 4) is 0 Å². The summed E-state index contributed by atoms with van der Waals surface area (Å²) >= 11 is 6.00. The lowest BCUT2D eigenvalue weighted by atomic mass is 9.78. The Bertz CT molecular complexity index is 1030. The van der Waals surface area contributed by atoms with Gasteiger partial charge in [-0.3, -0.25) is 19.3 Å². The fourth-order valence-corrected chi connectivity index (χ4v) is 4.26. The highest BCUT2D eigenvalue weighted by atomic mass is 35.5. The molecule has 0 saturated carbocycles. The Morgan fingerprint density at radius 3 is 2.52 bits per heavy atom. The number of hydrogen-bond acceptors (Lipinski definition) is 3. The van der Waals surface area contributed by atoms with Crippen LogP contribution in [0.1, 0.15) is 29.3 Å². The maximum atomic E-state index is 12.9. The number of fused-ring (bicyclic) bond motifs is 1. The number of rotatable bonds is 3. The summed E-state index contributed by atoms with van der Waals surface area (Å²) in [6.07, 6.45) is 4.57. The number of benzene rings is 2. The zero-order valence-electron chi connectivity index (χ0n) is 16.2. The number of imide groups is 1. The minimum atomic E-state index is -0.304. The van der Waals surface area contributed by atoms with E-state index in [0.717, 1.165) is 5.56 Å². The minimum Gasteiger partial charge on any atom is -0.322 e. The first-order valence-electron chi connectivity index (χ1n) is 9.59. The molecule has 1 heterocycles. The molecule has 2 aromatic carbocycles. The van der Waals surface area contributed by atoms with Gasteiger partial charge in [-0.25, -0.2) is 0 Å². The Hall–Kier alpha value is -2.92. The number of halogens is 1. The lowest BCUT2D eigenvalue weighted by molar-refractivity contribution is -0.122. The van der Waals surface area contributed by atoms with Crippen LogP contribution in [0.15, 0.2) is 54.6 Å². The van der Waals surface area contributed by atoms with Gasteiger partial charge in [0.2, 0.25) is 11.8 Å². The molecule has 4 rings (SSSR count). The van der Waals surface area contributed by atoms with Crippen LogP contribution >= 0.6 is 11.6 Å². The second-order valence-corrected chi connectivity index (χ2v) is 8.06. The van der Waals surface area contributed by atoms with Crippen LogP contribution in [-0.4, -0.2) is 17.7 Å². The van der Waals surface area contributed by atoms with Gasteiger partial charge in [0.15, 0.2) is 0 Å². The van der Waals surface area contributed by atoms with E-state index in [4.69, 9.17) is 11.6 Å². The van der Waals surface area contributed by atoms with Gasteiger partial charge in [-0.2, -0.15) is 0 Å². The van der Waals surface area contributed by atoms with Gasteiger partial charge in [0.25, 0.3) is 5.91 Å². The monoisotopic (exact) mass is 408 g/mol. The highest BCUT2D eigenvalue weighted by molar-refractivity contribution is 6.31. The van der Waals surface area contributed by atoms with Crippen molar-refractivity contribution in [2.45, 2.75) is 20.3 Å². The Morgan fingerprint density at radius 1 is 1.10 bits per heavy atom. The zero-order chi connectivity index (χ0) is 20.7. The minimum absolute atomic E-state index is 0.0428. The number of anilines is 2. The lowest BCUT2D eigenvalue weighted by Crippen LogP contribution is -2.31. The standard InChI is InChI=1S/C23H21ClN2O3/c1-13-6-9-16(24)12-19(13)25-21(27)15-7-10-17(11-8-15)26-22(28)18-5-3-4-14(2)20(18)23(26)29/h3-4,6-12,14,18,20H,5H2,1-2H3,(H,25,27)/t14-,18-,20-/m1/s1. The number of hydrogen-bond donors (Lipinski definition) is 1. The third-order valence-electron chi connectivity index (χ3n) is 5.71. The van der Waals surface area contributed by atoms with Crippen LogP contribution in [-0.2, 0) is 9.59 Å². The number of allylic oxidation sites excluding steroid dienone is 2. The van der Waals surface area contributed by atoms with E-state index >= 15 is 0 Å². The maximum Gasteiger partial charge on any atom is 0.255 e. The average molecular weight is 409 g/mol. The summed E-state index contributed by atoms with van der Waals surface area (Å²) in [5.41, 5.74) is 2.47. The van der Waals surface area contributed by atoms with E-state index in [1.54, 1.807) is 36.4 Å². The molecule has 2 aliphatic rings. The fourth-order valence-electron chi connectivity index (χ4n) is 4.09. The quantitative estimate of drug-likeness (QED) is 0.596. The summed E-state index contributed by atoms with van der Waals surface area (Å²) in [6, 6.07) is 11.8. The van der Waals surface area contributed by atoms with Crippen molar-refractivity contribution in [1.82, 2.24) is 0 Å². The average Bonchev–Trinajstić information content (AvgIpc) is 2.96. The van der Waals surface area contributed by atoms with Crippen LogP contribution in [0.5, 0.6) is 0 Å². The van der Waals surface area contributed by atoms with E-state index < -0.39 is 0 Å². The second kappa shape index (κ2) is 7.48. The number of aryl methyl sites for hydroxylation is 1. The first-order valence-corrected chi connectivity index (χ1v) is 9.96. The number of carbonyl (C=O) groups is 3. The molecular weight excluding hydrogens is 388 g/mol. The molecule has 0 aromatic heterocycles. The van der Waals surface area contributed by atoms with Gasteiger partial charge in [0.1, 0.15) is 0 Å². The lowest BCUT2D eigenvalue weighted by Gasteiger charge is -2.22. The topological polar surface area (TPSA) is 66.5 Å².